The van der Waals surface area contributed by atoms with Crippen LogP contribution in [0.25, 0.3) is 0 Å². The third kappa shape index (κ3) is 2.88. The summed E-state index contributed by atoms with van der Waals surface area (Å²) in [5, 5.41) is 7.17. The van der Waals surface area contributed by atoms with E-state index >= 15 is 0 Å². The number of fused-ring (bicyclic) bond motifs is 3. The highest BCUT2D eigenvalue weighted by molar-refractivity contribution is 7.71. The summed E-state index contributed by atoms with van der Waals surface area (Å²) < 4.78 is 32.7. The van der Waals surface area contributed by atoms with Crippen LogP contribution in [0.15, 0.2) is 12.7 Å². The Morgan fingerprint density at radius 2 is 1.76 bits per heavy atom. The van der Waals surface area contributed by atoms with Crippen molar-refractivity contribution in [3.05, 3.63) is 23.3 Å². The summed E-state index contributed by atoms with van der Waals surface area (Å²) in [5.74, 6) is -0.873. The molecule has 25 heavy (non-hydrogen) atoms. The standard InChI is InChI=1S/C16H23N3O5S/c1-6-7-19-12(17-18-14(19)25)10-8-9(22-15(2,3)21-8)11-13(20-10)24-16(4,5)23-11/h6,8-11,13H,1,7H2,2-5H3,(H,18,25). The van der Waals surface area contributed by atoms with Crippen LogP contribution in [-0.4, -0.2) is 50.9 Å². The average Bonchev–Trinajstić information content (AvgIpc) is 3.11. The van der Waals surface area contributed by atoms with E-state index < -0.39 is 24.0 Å². The van der Waals surface area contributed by atoms with Gasteiger partial charge in [0.1, 0.15) is 24.4 Å². The number of allylic oxidation sites excluding steroid dienone is 1. The average molecular weight is 369 g/mol. The minimum absolute atomic E-state index is 0.331. The first-order valence-electron chi connectivity index (χ1n) is 8.33. The molecular formula is C16H23N3O5S. The molecule has 3 saturated heterocycles. The zero-order chi connectivity index (χ0) is 18.0. The first kappa shape index (κ1) is 17.3. The number of ether oxygens (including phenoxy) is 5. The molecule has 0 aromatic carbocycles. The van der Waals surface area contributed by atoms with E-state index in [-0.39, 0.29) is 18.3 Å². The summed E-state index contributed by atoms with van der Waals surface area (Å²) in [4.78, 5) is 0. The van der Waals surface area contributed by atoms with Gasteiger partial charge in [-0.25, -0.2) is 0 Å². The van der Waals surface area contributed by atoms with Gasteiger partial charge in [0.2, 0.25) is 0 Å². The van der Waals surface area contributed by atoms with Gasteiger partial charge in [-0.3, -0.25) is 9.67 Å². The number of H-pyrrole nitrogens is 1. The van der Waals surface area contributed by atoms with Gasteiger partial charge >= 0.3 is 0 Å². The highest BCUT2D eigenvalue weighted by Crippen LogP contribution is 2.48. The number of nitrogens with zero attached hydrogens (tertiary/aromatic N) is 2. The van der Waals surface area contributed by atoms with Crippen LogP contribution in [0.4, 0.5) is 0 Å². The smallest absolute Gasteiger partial charge is 0.195 e. The summed E-state index contributed by atoms with van der Waals surface area (Å²) in [6, 6.07) is 0. The molecule has 1 aromatic heterocycles. The van der Waals surface area contributed by atoms with Crippen molar-refractivity contribution < 1.29 is 23.7 Å². The third-order valence-electron chi connectivity index (χ3n) is 4.51. The van der Waals surface area contributed by atoms with Gasteiger partial charge in [0.25, 0.3) is 0 Å². The SMILES string of the molecule is C=CCn1c(C2OC3OC(C)(C)OC3C3OC(C)(C)OC23)n[nH]c1=S. The van der Waals surface area contributed by atoms with Crippen LogP contribution >= 0.6 is 12.2 Å². The van der Waals surface area contributed by atoms with Gasteiger partial charge in [0.05, 0.1) is 0 Å². The second kappa shape index (κ2) is 5.70. The normalized spacial score (nSPS) is 38.3. The van der Waals surface area contributed by atoms with Crippen molar-refractivity contribution >= 4 is 12.2 Å². The van der Waals surface area contributed by atoms with Crippen molar-refractivity contribution in [2.24, 2.45) is 0 Å². The molecule has 4 rings (SSSR count). The molecule has 3 fully saturated rings. The van der Waals surface area contributed by atoms with Gasteiger partial charge in [-0.15, -0.1) is 6.58 Å². The lowest BCUT2D eigenvalue weighted by Crippen LogP contribution is -2.52. The Morgan fingerprint density at radius 3 is 2.48 bits per heavy atom. The summed E-state index contributed by atoms with van der Waals surface area (Å²) >= 11 is 5.32. The van der Waals surface area contributed by atoms with Gasteiger partial charge in [0.15, 0.2) is 28.5 Å². The van der Waals surface area contributed by atoms with Crippen LogP contribution in [0.1, 0.15) is 39.6 Å². The molecule has 5 atom stereocenters. The van der Waals surface area contributed by atoms with Gasteiger partial charge in [-0.1, -0.05) is 6.08 Å². The molecule has 0 amide bonds. The van der Waals surface area contributed by atoms with Crippen molar-refractivity contribution in [2.45, 2.75) is 76.5 Å². The molecular weight excluding hydrogens is 346 g/mol. The van der Waals surface area contributed by atoms with Crippen molar-refractivity contribution in [3.8, 4) is 0 Å². The Balaban J connectivity index is 1.73. The van der Waals surface area contributed by atoms with Crippen LogP contribution in [0.5, 0.6) is 0 Å². The molecule has 0 bridgehead atoms. The molecule has 0 radical (unpaired) electrons. The predicted octanol–water partition coefficient (Wildman–Crippen LogP) is 2.20. The Hall–Kier alpha value is -1.10. The van der Waals surface area contributed by atoms with Crippen LogP contribution in [0, 0.1) is 4.77 Å². The molecule has 8 nitrogen and oxygen atoms in total. The van der Waals surface area contributed by atoms with Crippen molar-refractivity contribution in [1.82, 2.24) is 14.8 Å². The van der Waals surface area contributed by atoms with E-state index in [2.05, 4.69) is 16.8 Å². The zero-order valence-electron chi connectivity index (χ0n) is 14.7. The lowest BCUT2D eigenvalue weighted by molar-refractivity contribution is -0.238. The van der Waals surface area contributed by atoms with E-state index in [1.807, 2.05) is 32.3 Å². The van der Waals surface area contributed by atoms with Gasteiger partial charge in [-0.05, 0) is 39.9 Å². The second-order valence-corrected chi connectivity index (χ2v) is 7.76. The number of aromatic amines is 1. The Morgan fingerprint density at radius 1 is 1.12 bits per heavy atom. The maximum atomic E-state index is 6.20. The zero-order valence-corrected chi connectivity index (χ0v) is 15.5. The maximum Gasteiger partial charge on any atom is 0.195 e. The van der Waals surface area contributed by atoms with E-state index in [0.29, 0.717) is 17.1 Å². The Kier molecular flexibility index (Phi) is 3.95. The molecule has 0 saturated carbocycles. The second-order valence-electron chi connectivity index (χ2n) is 7.38. The number of rotatable bonds is 3. The first-order chi connectivity index (χ1) is 11.7. The molecule has 0 aliphatic carbocycles. The van der Waals surface area contributed by atoms with Crippen molar-refractivity contribution in [1.29, 1.82) is 0 Å². The molecule has 4 heterocycles. The topological polar surface area (TPSA) is 79.8 Å². The largest absolute Gasteiger partial charge is 0.342 e. The van der Waals surface area contributed by atoms with Crippen LogP contribution in [0.3, 0.4) is 0 Å². The highest BCUT2D eigenvalue weighted by Gasteiger charge is 2.61. The summed E-state index contributed by atoms with van der Waals surface area (Å²) in [5.41, 5.74) is 0. The van der Waals surface area contributed by atoms with E-state index in [4.69, 9.17) is 35.9 Å². The molecule has 3 aliphatic heterocycles. The molecule has 1 aromatic rings. The number of hydrogen-bond donors (Lipinski definition) is 1. The maximum absolute atomic E-state index is 6.20. The van der Waals surface area contributed by atoms with Crippen molar-refractivity contribution in [3.63, 3.8) is 0 Å². The molecule has 1 N–H and O–H groups in total. The Labute approximate surface area is 151 Å². The first-order valence-corrected chi connectivity index (χ1v) is 8.74. The summed E-state index contributed by atoms with van der Waals surface area (Å²) in [7, 11) is 0. The third-order valence-corrected chi connectivity index (χ3v) is 4.82. The van der Waals surface area contributed by atoms with E-state index in [0.717, 1.165) is 0 Å². The van der Waals surface area contributed by atoms with Gasteiger partial charge in [0, 0.05) is 6.54 Å². The van der Waals surface area contributed by atoms with Crippen molar-refractivity contribution in [2.75, 3.05) is 0 Å². The quantitative estimate of drug-likeness (QED) is 0.646. The molecule has 9 heteroatoms. The van der Waals surface area contributed by atoms with E-state index in [1.54, 1.807) is 6.08 Å². The number of aromatic nitrogens is 3. The minimum atomic E-state index is -0.753. The fourth-order valence-corrected chi connectivity index (χ4v) is 3.89. The lowest BCUT2D eigenvalue weighted by atomic mass is 9.98. The monoisotopic (exact) mass is 369 g/mol. The van der Waals surface area contributed by atoms with Crippen LogP contribution in [0.2, 0.25) is 0 Å². The number of hydrogen-bond acceptors (Lipinski definition) is 7. The summed E-state index contributed by atoms with van der Waals surface area (Å²) in [6.07, 6.45) is -0.399. The molecule has 5 unspecified atom stereocenters. The van der Waals surface area contributed by atoms with Gasteiger partial charge < -0.3 is 23.7 Å². The summed E-state index contributed by atoms with van der Waals surface area (Å²) in [6.45, 7) is 11.7. The van der Waals surface area contributed by atoms with Crippen LogP contribution in [-0.2, 0) is 30.2 Å². The molecule has 0 spiro atoms. The fraction of sp³-hybridized carbons (Fsp3) is 0.750. The van der Waals surface area contributed by atoms with Crippen LogP contribution < -0.4 is 0 Å². The number of nitrogens with one attached hydrogen (secondary N) is 1. The highest BCUT2D eigenvalue weighted by atomic mass is 32.1. The minimum Gasteiger partial charge on any atom is -0.342 e. The molecule has 138 valence electrons. The predicted molar refractivity (Wildman–Crippen MR) is 89.1 cm³/mol. The van der Waals surface area contributed by atoms with E-state index in [9.17, 15) is 0 Å². The van der Waals surface area contributed by atoms with Gasteiger partial charge in [-0.2, -0.15) is 5.10 Å². The molecule has 3 aliphatic rings. The Bertz CT molecular complexity index is 742. The lowest BCUT2D eigenvalue weighted by Gasteiger charge is -2.36. The fourth-order valence-electron chi connectivity index (χ4n) is 3.67. The van der Waals surface area contributed by atoms with E-state index in [1.165, 1.54) is 0 Å².